The summed E-state index contributed by atoms with van der Waals surface area (Å²) >= 11 is 11.8. The quantitative estimate of drug-likeness (QED) is 0.762. The Morgan fingerprint density at radius 3 is 2.33 bits per heavy atom. The van der Waals surface area contributed by atoms with Crippen LogP contribution in [0.4, 0.5) is 0 Å². The van der Waals surface area contributed by atoms with E-state index in [-0.39, 0.29) is 17.9 Å². The molecular weight excluding hydrogens is 269 g/mol. The highest BCUT2D eigenvalue weighted by atomic mass is 35.5. The third kappa shape index (κ3) is 2.67. The van der Waals surface area contributed by atoms with Gasteiger partial charge in [0, 0.05) is 23.6 Å². The summed E-state index contributed by atoms with van der Waals surface area (Å²) in [7, 11) is 0. The summed E-state index contributed by atoms with van der Waals surface area (Å²) in [6.07, 6.45) is 5.77. The maximum absolute atomic E-state index is 9.39. The van der Waals surface area contributed by atoms with Crippen molar-refractivity contribution in [2.75, 3.05) is 13.2 Å². The highest BCUT2D eigenvalue weighted by Gasteiger charge is 2.61. The fourth-order valence-corrected chi connectivity index (χ4v) is 2.90. The molecule has 1 aliphatic rings. The molecule has 4 heteroatoms. The van der Waals surface area contributed by atoms with E-state index >= 15 is 0 Å². The molecule has 0 heterocycles. The Kier molecular flexibility index (Phi) is 5.47. The molecule has 0 amide bonds. The van der Waals surface area contributed by atoms with E-state index in [1.54, 1.807) is 13.0 Å². The standard InChI is InChI=1S/C14H21Cl2NO/c1-4-11(5-6-13(16)10(3)15)14(8-17)9(2)12(14)7-18/h4-6,9,12,18H,7-8,17H2,1-3H3/b6-5-,11-4+,13-10-/t9-,12?,14-/m1/s1. The third-order valence-corrected chi connectivity index (χ3v) is 4.80. The van der Waals surface area contributed by atoms with Crippen LogP contribution in [-0.2, 0) is 0 Å². The van der Waals surface area contributed by atoms with Crippen molar-refractivity contribution in [3.8, 4) is 0 Å². The van der Waals surface area contributed by atoms with Gasteiger partial charge in [-0.1, -0.05) is 42.3 Å². The number of aliphatic hydroxyl groups excluding tert-OH is 1. The number of halogens is 2. The molecule has 0 aliphatic heterocycles. The first-order valence-corrected chi connectivity index (χ1v) is 6.88. The van der Waals surface area contributed by atoms with Crippen LogP contribution in [0.2, 0.25) is 0 Å². The molecule has 1 fully saturated rings. The lowest BCUT2D eigenvalue weighted by Crippen LogP contribution is -2.22. The summed E-state index contributed by atoms with van der Waals surface area (Å²) in [5.41, 5.74) is 6.92. The van der Waals surface area contributed by atoms with Crippen LogP contribution in [0.3, 0.4) is 0 Å². The van der Waals surface area contributed by atoms with Crippen molar-refractivity contribution in [3.63, 3.8) is 0 Å². The van der Waals surface area contributed by atoms with Crippen LogP contribution in [0.15, 0.2) is 33.9 Å². The van der Waals surface area contributed by atoms with E-state index in [9.17, 15) is 5.11 Å². The average Bonchev–Trinajstić information content (AvgIpc) is 2.94. The third-order valence-electron chi connectivity index (χ3n) is 4.09. The van der Waals surface area contributed by atoms with Gasteiger partial charge in [-0.15, -0.1) is 0 Å². The molecule has 2 nitrogen and oxygen atoms in total. The van der Waals surface area contributed by atoms with Crippen LogP contribution >= 0.6 is 23.2 Å². The van der Waals surface area contributed by atoms with Gasteiger partial charge in [0.15, 0.2) is 0 Å². The minimum absolute atomic E-state index is 0.114. The SMILES string of the molecule is C\C=C(/C=C\C(Cl)=C(/C)Cl)[C@]1(CN)C(CO)[C@H]1C. The van der Waals surface area contributed by atoms with E-state index in [1.165, 1.54) is 0 Å². The molecule has 1 saturated carbocycles. The Bertz CT molecular complexity index is 397. The van der Waals surface area contributed by atoms with Crippen molar-refractivity contribution < 1.29 is 5.11 Å². The molecule has 102 valence electrons. The molecule has 1 aliphatic carbocycles. The Hall–Kier alpha value is -0.280. The zero-order chi connectivity index (χ0) is 13.9. The Morgan fingerprint density at radius 2 is 2.00 bits per heavy atom. The lowest BCUT2D eigenvalue weighted by atomic mass is 9.90. The number of nitrogens with two attached hydrogens (primary N) is 1. The van der Waals surface area contributed by atoms with Crippen molar-refractivity contribution in [2.24, 2.45) is 23.0 Å². The Balaban J connectivity index is 2.96. The van der Waals surface area contributed by atoms with Gasteiger partial charge in [-0.3, -0.25) is 0 Å². The molecule has 0 radical (unpaired) electrons. The van der Waals surface area contributed by atoms with E-state index in [4.69, 9.17) is 28.9 Å². The molecule has 0 bridgehead atoms. The number of hydrogen-bond donors (Lipinski definition) is 2. The molecule has 3 atom stereocenters. The molecule has 1 rings (SSSR count). The molecule has 0 spiro atoms. The predicted octanol–water partition coefficient (Wildman–Crippen LogP) is 3.40. The summed E-state index contributed by atoms with van der Waals surface area (Å²) in [6, 6.07) is 0. The number of rotatable bonds is 5. The zero-order valence-corrected chi connectivity index (χ0v) is 12.6. The lowest BCUT2D eigenvalue weighted by Gasteiger charge is -2.17. The fraction of sp³-hybridized carbons (Fsp3) is 0.571. The monoisotopic (exact) mass is 289 g/mol. The first kappa shape index (κ1) is 15.8. The first-order chi connectivity index (χ1) is 8.45. The van der Waals surface area contributed by atoms with Crippen molar-refractivity contribution in [1.82, 2.24) is 0 Å². The second-order valence-corrected chi connectivity index (χ2v) is 5.76. The molecule has 0 aromatic carbocycles. The largest absolute Gasteiger partial charge is 0.396 e. The lowest BCUT2D eigenvalue weighted by molar-refractivity contribution is 0.256. The van der Waals surface area contributed by atoms with Gasteiger partial charge in [-0.05, 0) is 37.3 Å². The Morgan fingerprint density at radius 1 is 1.39 bits per heavy atom. The zero-order valence-electron chi connectivity index (χ0n) is 11.1. The Labute approximate surface area is 119 Å². The molecule has 3 N–H and O–H groups in total. The van der Waals surface area contributed by atoms with E-state index in [0.717, 1.165) is 5.57 Å². The molecule has 1 unspecified atom stereocenters. The van der Waals surface area contributed by atoms with Crippen LogP contribution in [0.25, 0.3) is 0 Å². The number of hydrogen-bond acceptors (Lipinski definition) is 2. The maximum Gasteiger partial charge on any atom is 0.0548 e. The summed E-state index contributed by atoms with van der Waals surface area (Å²) in [4.78, 5) is 0. The van der Waals surface area contributed by atoms with Gasteiger partial charge < -0.3 is 10.8 Å². The molecule has 0 aromatic rings. The predicted molar refractivity (Wildman–Crippen MR) is 78.5 cm³/mol. The van der Waals surface area contributed by atoms with Crippen molar-refractivity contribution in [2.45, 2.75) is 20.8 Å². The van der Waals surface area contributed by atoms with Crippen LogP contribution < -0.4 is 5.73 Å². The summed E-state index contributed by atoms with van der Waals surface area (Å²) in [5.74, 6) is 0.626. The van der Waals surface area contributed by atoms with Crippen molar-refractivity contribution >= 4 is 23.2 Å². The van der Waals surface area contributed by atoms with Crippen molar-refractivity contribution in [3.05, 3.63) is 33.9 Å². The smallest absolute Gasteiger partial charge is 0.0548 e. The second-order valence-electron chi connectivity index (χ2n) is 4.78. The second kappa shape index (κ2) is 6.25. The van der Waals surface area contributed by atoms with Gasteiger partial charge in [-0.2, -0.15) is 0 Å². The van der Waals surface area contributed by atoms with Gasteiger partial charge in [0.1, 0.15) is 0 Å². The molecule has 0 aromatic heterocycles. The van der Waals surface area contributed by atoms with Gasteiger partial charge in [0.2, 0.25) is 0 Å². The average molecular weight is 290 g/mol. The highest BCUT2D eigenvalue weighted by molar-refractivity contribution is 6.39. The van der Waals surface area contributed by atoms with E-state index in [0.29, 0.717) is 22.5 Å². The summed E-state index contributed by atoms with van der Waals surface area (Å²) < 4.78 is 0. The van der Waals surface area contributed by atoms with Crippen LogP contribution in [0.5, 0.6) is 0 Å². The van der Waals surface area contributed by atoms with Crippen molar-refractivity contribution in [1.29, 1.82) is 0 Å². The minimum Gasteiger partial charge on any atom is -0.396 e. The number of aliphatic hydroxyl groups is 1. The summed E-state index contributed by atoms with van der Waals surface area (Å²) in [6.45, 7) is 6.54. The maximum atomic E-state index is 9.39. The van der Waals surface area contributed by atoms with Gasteiger partial charge >= 0.3 is 0 Å². The highest BCUT2D eigenvalue weighted by Crippen LogP contribution is 2.62. The minimum atomic E-state index is -0.114. The van der Waals surface area contributed by atoms with Crippen LogP contribution in [0.1, 0.15) is 20.8 Å². The first-order valence-electron chi connectivity index (χ1n) is 6.13. The van der Waals surface area contributed by atoms with E-state index in [1.807, 2.05) is 19.1 Å². The van der Waals surface area contributed by atoms with Gasteiger partial charge in [0.25, 0.3) is 0 Å². The van der Waals surface area contributed by atoms with Gasteiger partial charge in [0.05, 0.1) is 5.03 Å². The topological polar surface area (TPSA) is 46.2 Å². The van der Waals surface area contributed by atoms with Crippen LogP contribution in [0, 0.1) is 17.3 Å². The molecule has 18 heavy (non-hydrogen) atoms. The van der Waals surface area contributed by atoms with Crippen LogP contribution in [-0.4, -0.2) is 18.3 Å². The molecule has 0 saturated heterocycles. The van der Waals surface area contributed by atoms with E-state index in [2.05, 4.69) is 6.92 Å². The summed E-state index contributed by atoms with van der Waals surface area (Å²) in [5, 5.41) is 10.5. The van der Waals surface area contributed by atoms with E-state index < -0.39 is 0 Å². The normalized spacial score (nSPS) is 33.8. The fourth-order valence-electron chi connectivity index (χ4n) is 2.78. The van der Waals surface area contributed by atoms with Gasteiger partial charge in [-0.25, -0.2) is 0 Å². The number of allylic oxidation sites excluding steroid dienone is 5. The molecular formula is C14H21Cl2NO.